The predicted molar refractivity (Wildman–Crippen MR) is 140 cm³/mol. The number of nitrogens with zero attached hydrogens (tertiary/aromatic N) is 8. The van der Waals surface area contributed by atoms with Crippen molar-refractivity contribution in [3.63, 3.8) is 0 Å². The van der Waals surface area contributed by atoms with Gasteiger partial charge in [0.05, 0.1) is 24.5 Å². The van der Waals surface area contributed by atoms with Gasteiger partial charge in [-0.3, -0.25) is 5.10 Å². The number of piperidine rings is 1. The van der Waals surface area contributed by atoms with Crippen molar-refractivity contribution in [2.24, 2.45) is 0 Å². The first-order valence-corrected chi connectivity index (χ1v) is 12.5. The number of carbonyl (C=O) groups excluding carboxylic acids is 1. The van der Waals surface area contributed by atoms with E-state index in [1.807, 2.05) is 45.6 Å². The van der Waals surface area contributed by atoms with Gasteiger partial charge in [0.25, 0.3) is 0 Å². The lowest BCUT2D eigenvalue weighted by atomic mass is 10.1. The number of halogens is 1. The first-order chi connectivity index (χ1) is 18.0. The Hall–Kier alpha value is -4.10. The number of ether oxygens (including phenoxy) is 1. The Morgan fingerprint density at radius 3 is 2.61 bits per heavy atom. The highest BCUT2D eigenvalue weighted by Crippen LogP contribution is 2.24. The van der Waals surface area contributed by atoms with E-state index >= 15 is 0 Å². The number of amides is 1. The van der Waals surface area contributed by atoms with E-state index in [1.165, 1.54) is 0 Å². The Bertz CT molecular complexity index is 1240. The highest BCUT2D eigenvalue weighted by atomic mass is 19.1. The zero-order valence-electron chi connectivity index (χ0n) is 22.5. The second kappa shape index (κ2) is 11.1. The van der Waals surface area contributed by atoms with Gasteiger partial charge in [0.15, 0.2) is 11.6 Å². The van der Waals surface area contributed by atoms with E-state index in [-0.39, 0.29) is 18.1 Å². The van der Waals surface area contributed by atoms with Crippen LogP contribution < -0.4 is 15.5 Å². The van der Waals surface area contributed by atoms with Gasteiger partial charge in [-0.15, -0.1) is 0 Å². The van der Waals surface area contributed by atoms with Crippen LogP contribution in [0.4, 0.5) is 32.8 Å². The minimum Gasteiger partial charge on any atom is -0.444 e. The van der Waals surface area contributed by atoms with Crippen LogP contribution in [0.5, 0.6) is 0 Å². The fraction of sp³-hybridized carbons (Fsp3) is 0.542. The molecular formula is C24H34FN11O2. The second-order valence-corrected chi connectivity index (χ2v) is 10.3. The number of rotatable bonds is 7. The third-order valence-corrected chi connectivity index (χ3v) is 5.85. The number of hydrogen-bond acceptors (Lipinski definition) is 11. The number of aromatic nitrogens is 7. The molecule has 1 aliphatic rings. The minimum absolute atomic E-state index is 0.0799. The molecule has 0 bridgehead atoms. The molecule has 0 saturated carbocycles. The third kappa shape index (κ3) is 7.01. The summed E-state index contributed by atoms with van der Waals surface area (Å²) in [5.41, 5.74) is 0.302. The highest BCUT2D eigenvalue weighted by Gasteiger charge is 2.30. The van der Waals surface area contributed by atoms with E-state index in [4.69, 9.17) is 4.74 Å². The van der Waals surface area contributed by atoms with E-state index in [0.717, 1.165) is 30.9 Å². The van der Waals surface area contributed by atoms with Crippen molar-refractivity contribution in [1.29, 1.82) is 0 Å². The maximum absolute atomic E-state index is 13.3. The average molecular weight is 528 g/mol. The first kappa shape index (κ1) is 26.9. The number of likely N-dealkylation sites (N-methyl/N-ethyl adjacent to an activating group) is 1. The van der Waals surface area contributed by atoms with Gasteiger partial charge < -0.3 is 25.2 Å². The van der Waals surface area contributed by atoms with Crippen LogP contribution in [-0.2, 0) is 4.74 Å². The average Bonchev–Trinajstić information content (AvgIpc) is 3.27. The van der Waals surface area contributed by atoms with Gasteiger partial charge in [-0.05, 0) is 47.5 Å². The molecule has 0 spiro atoms. The van der Waals surface area contributed by atoms with E-state index in [9.17, 15) is 9.18 Å². The van der Waals surface area contributed by atoms with Crippen molar-refractivity contribution in [3.8, 4) is 0 Å². The van der Waals surface area contributed by atoms with Gasteiger partial charge in [-0.25, -0.2) is 19.2 Å². The van der Waals surface area contributed by atoms with Gasteiger partial charge in [-0.1, -0.05) is 0 Å². The predicted octanol–water partition coefficient (Wildman–Crippen LogP) is 3.58. The van der Waals surface area contributed by atoms with Crippen molar-refractivity contribution < 1.29 is 13.9 Å². The summed E-state index contributed by atoms with van der Waals surface area (Å²) in [6, 6.07) is 1.35. The number of aryl methyl sites for hydroxylation is 1. The summed E-state index contributed by atoms with van der Waals surface area (Å²) in [6.07, 6.45) is 3.53. The molecular weight excluding hydrogens is 493 g/mol. The van der Waals surface area contributed by atoms with Crippen LogP contribution in [-0.4, -0.2) is 77.9 Å². The minimum atomic E-state index is -0.579. The van der Waals surface area contributed by atoms with Gasteiger partial charge in [0.2, 0.25) is 17.8 Å². The number of carbonyl (C=O) groups is 1. The summed E-state index contributed by atoms with van der Waals surface area (Å²) in [5.74, 6) is 1.45. The monoisotopic (exact) mass is 527 g/mol. The molecule has 13 nitrogen and oxygen atoms in total. The summed E-state index contributed by atoms with van der Waals surface area (Å²) in [4.78, 5) is 38.2. The fourth-order valence-electron chi connectivity index (χ4n) is 3.96. The molecule has 4 heterocycles. The quantitative estimate of drug-likeness (QED) is 0.414. The summed E-state index contributed by atoms with van der Waals surface area (Å²) in [7, 11) is 1.75. The Kier molecular flexibility index (Phi) is 7.88. The molecule has 1 fully saturated rings. The lowest BCUT2D eigenvalue weighted by molar-refractivity contribution is 0.0209. The second-order valence-electron chi connectivity index (χ2n) is 10.3. The molecule has 0 unspecified atom stereocenters. The van der Waals surface area contributed by atoms with Gasteiger partial charge in [0.1, 0.15) is 11.4 Å². The van der Waals surface area contributed by atoms with Crippen molar-refractivity contribution in [2.45, 2.75) is 65.1 Å². The van der Waals surface area contributed by atoms with Gasteiger partial charge in [0, 0.05) is 31.9 Å². The molecule has 204 valence electrons. The molecule has 0 aliphatic carbocycles. The summed E-state index contributed by atoms with van der Waals surface area (Å²) in [5, 5.41) is 13.4. The van der Waals surface area contributed by atoms with Crippen LogP contribution in [0.15, 0.2) is 18.5 Å². The molecule has 1 saturated heterocycles. The van der Waals surface area contributed by atoms with Crippen molar-refractivity contribution in [2.75, 3.05) is 35.7 Å². The molecule has 14 heteroatoms. The van der Waals surface area contributed by atoms with Crippen LogP contribution in [0, 0.1) is 12.7 Å². The Morgan fingerprint density at radius 2 is 1.95 bits per heavy atom. The van der Waals surface area contributed by atoms with E-state index in [0.29, 0.717) is 36.6 Å². The molecule has 0 aromatic carbocycles. The Labute approximate surface area is 220 Å². The number of hydrogen-bond donors (Lipinski definition) is 3. The van der Waals surface area contributed by atoms with Crippen LogP contribution >= 0.6 is 0 Å². The first-order valence-electron chi connectivity index (χ1n) is 12.5. The zero-order chi connectivity index (χ0) is 27.4. The van der Waals surface area contributed by atoms with Crippen LogP contribution in [0.25, 0.3) is 0 Å². The van der Waals surface area contributed by atoms with Crippen LogP contribution in [0.2, 0.25) is 0 Å². The third-order valence-electron chi connectivity index (χ3n) is 5.85. The van der Waals surface area contributed by atoms with Crippen molar-refractivity contribution in [1.82, 2.24) is 40.0 Å². The molecule has 1 aliphatic heterocycles. The Balaban J connectivity index is 1.57. The Morgan fingerprint density at radius 1 is 1.24 bits per heavy atom. The molecule has 3 aromatic rings. The van der Waals surface area contributed by atoms with Gasteiger partial charge in [-0.2, -0.15) is 20.1 Å². The van der Waals surface area contributed by atoms with E-state index in [2.05, 4.69) is 45.8 Å². The summed E-state index contributed by atoms with van der Waals surface area (Å²) >= 11 is 0. The van der Waals surface area contributed by atoms with E-state index < -0.39 is 17.5 Å². The number of H-pyrrole nitrogens is 1. The largest absolute Gasteiger partial charge is 0.444 e. The molecule has 3 N–H and O–H groups in total. The summed E-state index contributed by atoms with van der Waals surface area (Å²) < 4.78 is 18.8. The van der Waals surface area contributed by atoms with Crippen LogP contribution in [0.3, 0.4) is 0 Å². The standard InChI is InChI=1S/C24H34FN11O2/c1-14-10-18(34-33-14)29-21-30-20(28-15(2)19-26-11-16(25)12-27-19)31-22(32-21)36-9-7-8-17(13-36)35(6)23(37)38-24(3,4)5/h10-12,15,17H,7-9,13H2,1-6H3,(H3,28,29,30,31,32,33,34)/t15-,17+/m0/s1. The van der Waals surface area contributed by atoms with Crippen molar-refractivity contribution >= 4 is 29.8 Å². The lowest BCUT2D eigenvalue weighted by Gasteiger charge is -2.38. The summed E-state index contributed by atoms with van der Waals surface area (Å²) in [6.45, 7) is 10.5. The number of anilines is 4. The normalized spacial score (nSPS) is 16.6. The lowest BCUT2D eigenvalue weighted by Crippen LogP contribution is -2.50. The highest BCUT2D eigenvalue weighted by molar-refractivity contribution is 5.68. The van der Waals surface area contributed by atoms with Crippen molar-refractivity contribution in [3.05, 3.63) is 35.8 Å². The smallest absolute Gasteiger partial charge is 0.410 e. The number of aromatic amines is 1. The van der Waals surface area contributed by atoms with E-state index in [1.54, 1.807) is 11.9 Å². The maximum Gasteiger partial charge on any atom is 0.410 e. The topological polar surface area (TPSA) is 150 Å². The molecule has 2 atom stereocenters. The van der Waals surface area contributed by atoms with Crippen LogP contribution in [0.1, 0.15) is 58.1 Å². The SMILES string of the molecule is Cc1cc(Nc2nc(N[C@@H](C)c3ncc(F)cn3)nc(N3CCC[C@@H](N(C)C(=O)OC(C)(C)C)C3)n2)n[nH]1. The molecule has 0 radical (unpaired) electrons. The molecule has 38 heavy (non-hydrogen) atoms. The fourth-order valence-corrected chi connectivity index (χ4v) is 3.96. The molecule has 3 aromatic heterocycles. The van der Waals surface area contributed by atoms with Gasteiger partial charge >= 0.3 is 6.09 Å². The maximum atomic E-state index is 13.3. The molecule has 1 amide bonds. The zero-order valence-corrected chi connectivity index (χ0v) is 22.5. The number of nitrogens with one attached hydrogen (secondary N) is 3. The molecule has 4 rings (SSSR count).